The van der Waals surface area contributed by atoms with Crippen LogP contribution in [0.15, 0.2) is 54.6 Å². The molecule has 1 heterocycles. The van der Waals surface area contributed by atoms with E-state index in [2.05, 4.69) is 25.1 Å². The van der Waals surface area contributed by atoms with Crippen LogP contribution in [-0.4, -0.2) is 23.9 Å². The number of nitrogens with zero attached hydrogens (tertiary/aromatic N) is 1. The first kappa shape index (κ1) is 14.8. The Kier molecular flexibility index (Phi) is 4.57. The zero-order valence-electron chi connectivity index (χ0n) is 13.2. The number of carbonyl (C=O) groups is 1. The Balaban J connectivity index is 1.80. The summed E-state index contributed by atoms with van der Waals surface area (Å²) in [5.41, 5.74) is 3.23. The highest BCUT2D eigenvalue weighted by Crippen LogP contribution is 2.21. The van der Waals surface area contributed by atoms with Gasteiger partial charge in [0, 0.05) is 18.7 Å². The van der Waals surface area contributed by atoms with Crippen LogP contribution in [0.3, 0.4) is 0 Å². The van der Waals surface area contributed by atoms with Crippen molar-refractivity contribution in [1.82, 2.24) is 4.90 Å². The van der Waals surface area contributed by atoms with Crippen LogP contribution in [0.2, 0.25) is 0 Å². The Morgan fingerprint density at radius 3 is 2.36 bits per heavy atom. The van der Waals surface area contributed by atoms with Gasteiger partial charge in [-0.05, 0) is 42.4 Å². The fourth-order valence-electron chi connectivity index (χ4n) is 3.08. The topological polar surface area (TPSA) is 20.3 Å². The predicted molar refractivity (Wildman–Crippen MR) is 90.0 cm³/mol. The summed E-state index contributed by atoms with van der Waals surface area (Å²) in [5.74, 6) is 0.932. The van der Waals surface area contributed by atoms with Crippen LogP contribution in [-0.2, 0) is 6.42 Å². The number of carbonyl (C=O) groups excluding carboxylic acids is 1. The summed E-state index contributed by atoms with van der Waals surface area (Å²) in [4.78, 5) is 14.9. The van der Waals surface area contributed by atoms with Gasteiger partial charge in [0.1, 0.15) is 0 Å². The maximum Gasteiger partial charge on any atom is 0.254 e. The average molecular weight is 293 g/mol. The van der Waals surface area contributed by atoms with Crippen molar-refractivity contribution in [3.63, 3.8) is 0 Å². The highest BCUT2D eigenvalue weighted by molar-refractivity contribution is 5.95. The molecule has 2 nitrogen and oxygen atoms in total. The van der Waals surface area contributed by atoms with E-state index in [0.717, 1.165) is 49.4 Å². The van der Waals surface area contributed by atoms with E-state index in [1.54, 1.807) is 0 Å². The molecule has 0 aromatic heterocycles. The lowest BCUT2D eigenvalue weighted by Crippen LogP contribution is -2.38. The smallest absolute Gasteiger partial charge is 0.254 e. The van der Waals surface area contributed by atoms with E-state index in [-0.39, 0.29) is 5.91 Å². The summed E-state index contributed by atoms with van der Waals surface area (Å²) in [6.07, 6.45) is 3.05. The van der Waals surface area contributed by atoms with Crippen LogP contribution in [0.4, 0.5) is 0 Å². The second-order valence-electron chi connectivity index (χ2n) is 6.29. The minimum absolute atomic E-state index is 0.193. The second-order valence-corrected chi connectivity index (χ2v) is 6.29. The zero-order chi connectivity index (χ0) is 15.4. The monoisotopic (exact) mass is 293 g/mol. The largest absolute Gasteiger partial charge is 0.339 e. The molecule has 0 radical (unpaired) electrons. The van der Waals surface area contributed by atoms with Crippen LogP contribution in [0.1, 0.15) is 41.3 Å². The first-order valence-electron chi connectivity index (χ1n) is 8.15. The number of rotatable bonds is 3. The van der Waals surface area contributed by atoms with E-state index in [0.29, 0.717) is 0 Å². The lowest BCUT2D eigenvalue weighted by molar-refractivity contribution is 0.0696. The normalized spacial score (nSPS) is 15.8. The number of hydrogen-bond acceptors (Lipinski definition) is 1. The molecule has 2 aromatic carbocycles. The van der Waals surface area contributed by atoms with E-state index in [4.69, 9.17) is 0 Å². The van der Waals surface area contributed by atoms with E-state index in [1.165, 1.54) is 5.56 Å². The molecule has 0 saturated carbocycles. The summed E-state index contributed by atoms with van der Waals surface area (Å²) in [6.45, 7) is 4.05. The van der Waals surface area contributed by atoms with Crippen molar-refractivity contribution in [2.75, 3.05) is 13.1 Å². The molecule has 1 saturated heterocycles. The Hall–Kier alpha value is -2.09. The number of piperidine rings is 1. The molecule has 22 heavy (non-hydrogen) atoms. The van der Waals surface area contributed by atoms with Crippen LogP contribution >= 0.6 is 0 Å². The van der Waals surface area contributed by atoms with Gasteiger partial charge in [0.15, 0.2) is 0 Å². The van der Waals surface area contributed by atoms with Gasteiger partial charge in [0.25, 0.3) is 5.91 Å². The van der Waals surface area contributed by atoms with Gasteiger partial charge in [-0.25, -0.2) is 0 Å². The molecule has 1 aliphatic rings. The molecule has 0 atom stereocenters. The van der Waals surface area contributed by atoms with Gasteiger partial charge in [-0.15, -0.1) is 0 Å². The number of benzene rings is 2. The van der Waals surface area contributed by atoms with Gasteiger partial charge in [0.05, 0.1) is 0 Å². The summed E-state index contributed by atoms with van der Waals surface area (Å²) in [7, 11) is 0. The minimum Gasteiger partial charge on any atom is -0.339 e. The molecule has 114 valence electrons. The first-order chi connectivity index (χ1) is 10.7. The fraction of sp³-hybridized carbons (Fsp3) is 0.350. The first-order valence-corrected chi connectivity index (χ1v) is 8.15. The van der Waals surface area contributed by atoms with Crippen LogP contribution in [0.25, 0.3) is 0 Å². The maximum absolute atomic E-state index is 12.8. The Bertz CT molecular complexity index is 627. The summed E-state index contributed by atoms with van der Waals surface area (Å²) < 4.78 is 0. The van der Waals surface area contributed by atoms with Crippen molar-refractivity contribution in [2.24, 2.45) is 5.92 Å². The summed E-state index contributed by atoms with van der Waals surface area (Å²) >= 11 is 0. The van der Waals surface area contributed by atoms with Gasteiger partial charge in [-0.1, -0.05) is 55.5 Å². The number of likely N-dealkylation sites (tertiary alicyclic amines) is 1. The molecule has 2 aromatic rings. The quantitative estimate of drug-likeness (QED) is 0.832. The van der Waals surface area contributed by atoms with Gasteiger partial charge < -0.3 is 4.90 Å². The van der Waals surface area contributed by atoms with Crippen molar-refractivity contribution < 1.29 is 4.79 Å². The van der Waals surface area contributed by atoms with Crippen LogP contribution in [0, 0.1) is 5.92 Å². The molecule has 0 aliphatic carbocycles. The number of hydrogen-bond donors (Lipinski definition) is 0. The lowest BCUT2D eigenvalue weighted by atomic mass is 9.96. The van der Waals surface area contributed by atoms with E-state index >= 15 is 0 Å². The molecule has 0 spiro atoms. The van der Waals surface area contributed by atoms with Crippen molar-refractivity contribution in [3.8, 4) is 0 Å². The van der Waals surface area contributed by atoms with Crippen molar-refractivity contribution in [3.05, 3.63) is 71.3 Å². The molecule has 1 fully saturated rings. The van der Waals surface area contributed by atoms with Crippen molar-refractivity contribution in [1.29, 1.82) is 0 Å². The summed E-state index contributed by atoms with van der Waals surface area (Å²) in [6, 6.07) is 18.4. The SMILES string of the molecule is CC1CCN(C(=O)c2ccccc2Cc2ccccc2)CC1. The Morgan fingerprint density at radius 1 is 1.00 bits per heavy atom. The molecule has 0 bridgehead atoms. The van der Waals surface area contributed by atoms with Gasteiger partial charge in [0.2, 0.25) is 0 Å². The van der Waals surface area contributed by atoms with Gasteiger partial charge >= 0.3 is 0 Å². The van der Waals surface area contributed by atoms with E-state index < -0.39 is 0 Å². The maximum atomic E-state index is 12.8. The highest BCUT2D eigenvalue weighted by atomic mass is 16.2. The second kappa shape index (κ2) is 6.78. The lowest BCUT2D eigenvalue weighted by Gasteiger charge is -2.31. The van der Waals surface area contributed by atoms with Crippen molar-refractivity contribution >= 4 is 5.91 Å². The van der Waals surface area contributed by atoms with Gasteiger partial charge in [-0.3, -0.25) is 4.79 Å². The zero-order valence-corrected chi connectivity index (χ0v) is 13.2. The van der Waals surface area contributed by atoms with E-state index in [9.17, 15) is 4.79 Å². The molecular weight excluding hydrogens is 270 g/mol. The van der Waals surface area contributed by atoms with Crippen molar-refractivity contribution in [2.45, 2.75) is 26.2 Å². The average Bonchev–Trinajstić information content (AvgIpc) is 2.56. The minimum atomic E-state index is 0.193. The third-order valence-corrected chi connectivity index (χ3v) is 4.56. The Morgan fingerprint density at radius 2 is 1.64 bits per heavy atom. The third-order valence-electron chi connectivity index (χ3n) is 4.56. The molecule has 0 unspecified atom stereocenters. The molecular formula is C20H23NO. The molecule has 1 amide bonds. The fourth-order valence-corrected chi connectivity index (χ4v) is 3.08. The Labute approximate surface area is 132 Å². The predicted octanol–water partition coefficient (Wildman–Crippen LogP) is 4.15. The number of amides is 1. The molecule has 2 heteroatoms. The molecule has 0 N–H and O–H groups in total. The summed E-state index contributed by atoms with van der Waals surface area (Å²) in [5, 5.41) is 0. The van der Waals surface area contributed by atoms with Crippen LogP contribution in [0.5, 0.6) is 0 Å². The van der Waals surface area contributed by atoms with E-state index in [1.807, 2.05) is 41.3 Å². The molecule has 1 aliphatic heterocycles. The van der Waals surface area contributed by atoms with Gasteiger partial charge in [-0.2, -0.15) is 0 Å². The standard InChI is InChI=1S/C20H23NO/c1-16-11-13-21(14-12-16)20(22)19-10-6-5-9-18(19)15-17-7-3-2-4-8-17/h2-10,16H,11-15H2,1H3. The van der Waals surface area contributed by atoms with Crippen LogP contribution < -0.4 is 0 Å². The third kappa shape index (κ3) is 3.38. The highest BCUT2D eigenvalue weighted by Gasteiger charge is 2.22. The molecule has 3 rings (SSSR count).